The van der Waals surface area contributed by atoms with Gasteiger partial charge in [0.2, 0.25) is 0 Å². The van der Waals surface area contributed by atoms with Crippen LogP contribution < -0.4 is 10.2 Å². The second-order valence-corrected chi connectivity index (χ2v) is 5.84. The molecule has 1 N–H and O–H groups in total. The van der Waals surface area contributed by atoms with Gasteiger partial charge in [-0.15, -0.1) is 0 Å². The van der Waals surface area contributed by atoms with Crippen molar-refractivity contribution in [3.05, 3.63) is 17.6 Å². The van der Waals surface area contributed by atoms with E-state index in [4.69, 9.17) is 0 Å². The lowest BCUT2D eigenvalue weighted by Crippen LogP contribution is -2.40. The van der Waals surface area contributed by atoms with Crippen LogP contribution in [-0.2, 0) is 12.8 Å². The molecule has 0 radical (unpaired) electrons. The smallest absolute Gasteiger partial charge is 0.135 e. The molecule has 1 atom stereocenters. The van der Waals surface area contributed by atoms with Gasteiger partial charge in [-0.3, -0.25) is 0 Å². The van der Waals surface area contributed by atoms with Crippen LogP contribution in [0.2, 0.25) is 0 Å². The predicted molar refractivity (Wildman–Crippen MR) is 77.5 cm³/mol. The monoisotopic (exact) mass is 260 g/mol. The van der Waals surface area contributed by atoms with E-state index in [9.17, 15) is 0 Å². The van der Waals surface area contributed by atoms with Gasteiger partial charge < -0.3 is 10.2 Å². The Kier molecular flexibility index (Phi) is 3.97. The second kappa shape index (κ2) is 5.87. The van der Waals surface area contributed by atoms with Gasteiger partial charge in [0.1, 0.15) is 12.1 Å². The molecule has 1 saturated heterocycles. The molecule has 1 unspecified atom stereocenters. The number of piperidine rings is 1. The molecule has 1 aromatic heterocycles. The first-order chi connectivity index (χ1) is 9.38. The van der Waals surface area contributed by atoms with Crippen molar-refractivity contribution in [1.29, 1.82) is 0 Å². The third kappa shape index (κ3) is 2.73. The first-order valence-electron chi connectivity index (χ1n) is 7.61. The maximum Gasteiger partial charge on any atom is 0.135 e. The lowest BCUT2D eigenvalue weighted by molar-refractivity contribution is 0.400. The second-order valence-electron chi connectivity index (χ2n) is 5.84. The van der Waals surface area contributed by atoms with Gasteiger partial charge in [0.15, 0.2) is 0 Å². The molecule has 19 heavy (non-hydrogen) atoms. The summed E-state index contributed by atoms with van der Waals surface area (Å²) < 4.78 is 0. The average Bonchev–Trinajstić information content (AvgIpc) is 2.47. The van der Waals surface area contributed by atoms with Crippen LogP contribution in [0.3, 0.4) is 0 Å². The molecule has 0 saturated carbocycles. The molecule has 1 aliphatic carbocycles. The van der Waals surface area contributed by atoms with E-state index in [1.807, 2.05) is 7.05 Å². The van der Waals surface area contributed by atoms with Crippen LogP contribution in [0, 0.1) is 5.92 Å². The largest absolute Gasteiger partial charge is 0.356 e. The van der Waals surface area contributed by atoms with Crippen LogP contribution in [0.15, 0.2) is 6.33 Å². The topological polar surface area (TPSA) is 41.0 Å². The van der Waals surface area contributed by atoms with E-state index < -0.39 is 0 Å². The highest BCUT2D eigenvalue weighted by Gasteiger charge is 2.24. The van der Waals surface area contributed by atoms with Gasteiger partial charge in [-0.2, -0.15) is 0 Å². The molecule has 0 spiro atoms. The minimum Gasteiger partial charge on any atom is -0.356 e. The highest BCUT2D eigenvalue weighted by Crippen LogP contribution is 2.29. The Balaban J connectivity index is 1.81. The zero-order valence-corrected chi connectivity index (χ0v) is 11.9. The summed E-state index contributed by atoms with van der Waals surface area (Å²) >= 11 is 0. The summed E-state index contributed by atoms with van der Waals surface area (Å²) in [5.41, 5.74) is 2.73. The van der Waals surface area contributed by atoms with Crippen molar-refractivity contribution in [3.63, 3.8) is 0 Å². The number of aryl methyl sites for hydroxylation is 1. The van der Waals surface area contributed by atoms with Gasteiger partial charge in [0.25, 0.3) is 0 Å². The van der Waals surface area contributed by atoms with Crippen molar-refractivity contribution in [1.82, 2.24) is 15.3 Å². The summed E-state index contributed by atoms with van der Waals surface area (Å²) in [5.74, 6) is 1.98. The molecular weight excluding hydrogens is 236 g/mol. The normalized spacial score (nSPS) is 23.2. The SMILES string of the molecule is CNCC1CCCN(c2ncnc3c2CCCC3)C1. The van der Waals surface area contributed by atoms with E-state index >= 15 is 0 Å². The van der Waals surface area contributed by atoms with Gasteiger partial charge in [-0.25, -0.2) is 9.97 Å². The van der Waals surface area contributed by atoms with Crippen LogP contribution >= 0.6 is 0 Å². The van der Waals surface area contributed by atoms with Crippen molar-refractivity contribution in [3.8, 4) is 0 Å². The molecule has 0 aromatic carbocycles. The molecule has 0 amide bonds. The van der Waals surface area contributed by atoms with Crippen LogP contribution in [0.25, 0.3) is 0 Å². The number of nitrogens with one attached hydrogen (secondary N) is 1. The number of rotatable bonds is 3. The van der Waals surface area contributed by atoms with Gasteiger partial charge in [0, 0.05) is 24.3 Å². The first kappa shape index (κ1) is 12.9. The third-order valence-corrected chi connectivity index (χ3v) is 4.41. The Bertz CT molecular complexity index is 430. The third-order valence-electron chi connectivity index (χ3n) is 4.41. The van der Waals surface area contributed by atoms with E-state index in [1.54, 1.807) is 6.33 Å². The molecule has 0 bridgehead atoms. The minimum atomic E-state index is 0.757. The fourth-order valence-electron chi connectivity index (χ4n) is 3.49. The van der Waals surface area contributed by atoms with Crippen LogP contribution in [-0.4, -0.2) is 36.6 Å². The molecule has 4 nitrogen and oxygen atoms in total. The lowest BCUT2D eigenvalue weighted by atomic mass is 9.94. The molecule has 1 aromatic rings. The maximum absolute atomic E-state index is 4.60. The first-order valence-corrected chi connectivity index (χ1v) is 7.61. The van der Waals surface area contributed by atoms with Gasteiger partial charge in [-0.1, -0.05) is 0 Å². The van der Waals surface area contributed by atoms with Crippen molar-refractivity contribution in [2.75, 3.05) is 31.6 Å². The summed E-state index contributed by atoms with van der Waals surface area (Å²) in [6, 6.07) is 0. The summed E-state index contributed by atoms with van der Waals surface area (Å²) in [4.78, 5) is 11.6. The summed E-state index contributed by atoms with van der Waals surface area (Å²) in [6.45, 7) is 3.41. The van der Waals surface area contributed by atoms with E-state index in [2.05, 4.69) is 20.2 Å². The Hall–Kier alpha value is -1.16. The summed E-state index contributed by atoms with van der Waals surface area (Å²) in [5, 5.41) is 3.31. The number of fused-ring (bicyclic) bond motifs is 1. The highest BCUT2D eigenvalue weighted by atomic mass is 15.2. The number of hydrogen-bond donors (Lipinski definition) is 1. The Morgan fingerprint density at radius 1 is 1.26 bits per heavy atom. The molecule has 1 fully saturated rings. The maximum atomic E-state index is 4.60. The van der Waals surface area contributed by atoms with Crippen molar-refractivity contribution < 1.29 is 0 Å². The fourth-order valence-corrected chi connectivity index (χ4v) is 3.49. The highest BCUT2D eigenvalue weighted by molar-refractivity contribution is 5.49. The van der Waals surface area contributed by atoms with Crippen LogP contribution in [0.4, 0.5) is 5.82 Å². The Labute approximate surface area is 115 Å². The molecule has 1 aliphatic heterocycles. The van der Waals surface area contributed by atoms with E-state index in [0.717, 1.165) is 32.0 Å². The van der Waals surface area contributed by atoms with Crippen molar-refractivity contribution in [2.45, 2.75) is 38.5 Å². The Morgan fingerprint density at radius 3 is 3.05 bits per heavy atom. The van der Waals surface area contributed by atoms with Crippen LogP contribution in [0.5, 0.6) is 0 Å². The molecule has 2 aliphatic rings. The van der Waals surface area contributed by atoms with Gasteiger partial charge in [-0.05, 0) is 58.0 Å². The number of anilines is 1. The quantitative estimate of drug-likeness (QED) is 0.899. The zero-order chi connectivity index (χ0) is 13.1. The predicted octanol–water partition coefficient (Wildman–Crippen LogP) is 1.79. The zero-order valence-electron chi connectivity index (χ0n) is 11.9. The molecule has 4 heteroatoms. The van der Waals surface area contributed by atoms with Crippen molar-refractivity contribution >= 4 is 5.82 Å². The minimum absolute atomic E-state index is 0.757. The van der Waals surface area contributed by atoms with Gasteiger partial charge in [0.05, 0.1) is 0 Å². The summed E-state index contributed by atoms with van der Waals surface area (Å²) in [6.07, 6.45) is 9.27. The molecule has 3 rings (SSSR count). The number of aromatic nitrogens is 2. The molecule has 2 heterocycles. The molecule has 104 valence electrons. The van der Waals surface area contributed by atoms with E-state index in [0.29, 0.717) is 0 Å². The number of nitrogens with zero attached hydrogens (tertiary/aromatic N) is 3. The summed E-state index contributed by atoms with van der Waals surface area (Å²) in [7, 11) is 2.05. The average molecular weight is 260 g/mol. The van der Waals surface area contributed by atoms with Gasteiger partial charge >= 0.3 is 0 Å². The van der Waals surface area contributed by atoms with Crippen LogP contribution in [0.1, 0.15) is 36.9 Å². The van der Waals surface area contributed by atoms with E-state index in [1.165, 1.54) is 49.2 Å². The Morgan fingerprint density at radius 2 is 2.16 bits per heavy atom. The molecular formula is C15H24N4. The van der Waals surface area contributed by atoms with E-state index in [-0.39, 0.29) is 0 Å². The fraction of sp³-hybridized carbons (Fsp3) is 0.733. The van der Waals surface area contributed by atoms with Crippen molar-refractivity contribution in [2.24, 2.45) is 5.92 Å². The number of hydrogen-bond acceptors (Lipinski definition) is 4. The lowest BCUT2D eigenvalue weighted by Gasteiger charge is -2.35. The standard InChI is InChI=1S/C15H24N4/c1-16-9-12-5-4-8-19(10-12)15-13-6-2-3-7-14(13)17-11-18-15/h11-12,16H,2-10H2,1H3.